The molecule has 1 aliphatic heterocycles. The first kappa shape index (κ1) is 23.7. The second-order valence-corrected chi connectivity index (χ2v) is 10.5. The van der Waals surface area contributed by atoms with Gasteiger partial charge in [0.15, 0.2) is 0 Å². The standard InChI is InChI=1S/C24H25BrClN3O4/c1-24(2,3)33-23(32)29-8-6-28(7-9-29)21-17-5-4-16(26)12-18(17)19(22(30)31)11-14-10-15(25)13-27-20(14)21/h4-5,10-13,21H,6-9H2,1-3H3,(H,30,31). The number of amides is 1. The molecule has 1 atom stereocenters. The summed E-state index contributed by atoms with van der Waals surface area (Å²) in [5.41, 5.74) is 2.51. The molecular weight excluding hydrogens is 510 g/mol. The molecular formula is C24H25BrClN3O4. The molecule has 1 unspecified atom stereocenters. The highest BCUT2D eigenvalue weighted by Crippen LogP contribution is 2.41. The Hall–Kier alpha value is -2.42. The van der Waals surface area contributed by atoms with E-state index in [0.29, 0.717) is 36.8 Å². The van der Waals surface area contributed by atoms with Crippen molar-refractivity contribution in [1.29, 1.82) is 0 Å². The first-order valence-electron chi connectivity index (χ1n) is 10.7. The Morgan fingerprint density at radius 3 is 2.52 bits per heavy atom. The molecule has 0 saturated carbocycles. The van der Waals surface area contributed by atoms with Gasteiger partial charge in [-0.15, -0.1) is 0 Å². The fourth-order valence-electron chi connectivity index (χ4n) is 4.23. The summed E-state index contributed by atoms with van der Waals surface area (Å²) >= 11 is 9.71. The van der Waals surface area contributed by atoms with Gasteiger partial charge in [-0.3, -0.25) is 9.88 Å². The highest BCUT2D eigenvalue weighted by atomic mass is 79.9. The Labute approximate surface area is 206 Å². The molecule has 1 fully saturated rings. The average Bonchev–Trinajstić information content (AvgIpc) is 2.86. The third kappa shape index (κ3) is 5.08. The minimum atomic E-state index is -1.03. The zero-order valence-electron chi connectivity index (χ0n) is 18.6. The number of carboxylic acid groups (broad SMARTS) is 1. The van der Waals surface area contributed by atoms with Crippen LogP contribution >= 0.6 is 27.5 Å². The lowest BCUT2D eigenvalue weighted by Crippen LogP contribution is -2.51. The Morgan fingerprint density at radius 1 is 1.18 bits per heavy atom. The number of ether oxygens (including phenoxy) is 1. The third-order valence-corrected chi connectivity index (χ3v) is 6.31. The lowest BCUT2D eigenvalue weighted by molar-refractivity contribution is -0.130. The number of piperazine rings is 1. The van der Waals surface area contributed by atoms with Crippen molar-refractivity contribution in [2.45, 2.75) is 32.4 Å². The summed E-state index contributed by atoms with van der Waals surface area (Å²) in [5.74, 6) is -1.03. The van der Waals surface area contributed by atoms with Crippen molar-refractivity contribution < 1.29 is 19.4 Å². The van der Waals surface area contributed by atoms with E-state index in [0.717, 1.165) is 21.3 Å². The van der Waals surface area contributed by atoms with Gasteiger partial charge in [0.25, 0.3) is 0 Å². The van der Waals surface area contributed by atoms with E-state index in [4.69, 9.17) is 16.3 Å². The molecule has 2 aromatic rings. The van der Waals surface area contributed by atoms with E-state index in [1.165, 1.54) is 0 Å². The molecule has 174 valence electrons. The minimum absolute atomic E-state index is 0.170. The topological polar surface area (TPSA) is 83.0 Å². The first-order valence-corrected chi connectivity index (χ1v) is 11.8. The number of aliphatic carboxylic acids is 1. The average molecular weight is 535 g/mol. The van der Waals surface area contributed by atoms with Gasteiger partial charge in [-0.25, -0.2) is 9.59 Å². The number of pyridine rings is 1. The monoisotopic (exact) mass is 533 g/mol. The molecule has 1 aromatic heterocycles. The molecule has 1 saturated heterocycles. The summed E-state index contributed by atoms with van der Waals surface area (Å²) in [4.78, 5) is 33.3. The highest BCUT2D eigenvalue weighted by Gasteiger charge is 2.35. The SMILES string of the molecule is CC(C)(C)OC(=O)N1CCN(C2c3ccc(Cl)cc3C(C(=O)O)=Cc3cc(Br)cnc32)CC1. The molecule has 33 heavy (non-hydrogen) atoms. The van der Waals surface area contributed by atoms with Crippen LogP contribution < -0.4 is 0 Å². The molecule has 7 nitrogen and oxygen atoms in total. The number of carbonyl (C=O) groups excluding carboxylic acids is 1. The molecule has 2 heterocycles. The van der Waals surface area contributed by atoms with E-state index in [9.17, 15) is 14.7 Å². The number of carbonyl (C=O) groups is 2. The second-order valence-electron chi connectivity index (χ2n) is 9.13. The zero-order valence-corrected chi connectivity index (χ0v) is 21.0. The van der Waals surface area contributed by atoms with E-state index in [1.54, 1.807) is 29.3 Å². The minimum Gasteiger partial charge on any atom is -0.478 e. The zero-order chi connectivity index (χ0) is 23.9. The van der Waals surface area contributed by atoms with Gasteiger partial charge in [-0.2, -0.15) is 0 Å². The second kappa shape index (κ2) is 9.08. The molecule has 1 amide bonds. The van der Waals surface area contributed by atoms with Gasteiger partial charge in [-0.05, 0) is 77.7 Å². The summed E-state index contributed by atoms with van der Waals surface area (Å²) in [6, 6.07) is 6.94. The fourth-order valence-corrected chi connectivity index (χ4v) is 4.75. The summed E-state index contributed by atoms with van der Waals surface area (Å²) in [7, 11) is 0. The van der Waals surface area contributed by atoms with E-state index in [-0.39, 0.29) is 17.7 Å². The van der Waals surface area contributed by atoms with Gasteiger partial charge in [0.2, 0.25) is 0 Å². The molecule has 1 N–H and O–H groups in total. The van der Waals surface area contributed by atoms with E-state index in [2.05, 4.69) is 25.8 Å². The van der Waals surface area contributed by atoms with Gasteiger partial charge in [0, 0.05) is 41.9 Å². The van der Waals surface area contributed by atoms with Crippen molar-refractivity contribution in [3.8, 4) is 0 Å². The number of benzene rings is 1. The molecule has 0 spiro atoms. The van der Waals surface area contributed by atoms with Gasteiger partial charge < -0.3 is 14.7 Å². The van der Waals surface area contributed by atoms with E-state index >= 15 is 0 Å². The number of nitrogens with zero attached hydrogens (tertiary/aromatic N) is 3. The van der Waals surface area contributed by atoms with Crippen molar-refractivity contribution in [2.75, 3.05) is 26.2 Å². The maximum absolute atomic E-state index is 12.5. The van der Waals surface area contributed by atoms with Crippen LogP contribution in [0.2, 0.25) is 5.02 Å². The number of fused-ring (bicyclic) bond motifs is 2. The van der Waals surface area contributed by atoms with Crippen LogP contribution in [0, 0.1) is 0 Å². The van der Waals surface area contributed by atoms with Crippen LogP contribution in [0.15, 0.2) is 34.9 Å². The van der Waals surface area contributed by atoms with Crippen LogP contribution in [0.5, 0.6) is 0 Å². The molecule has 2 aliphatic rings. The molecule has 4 rings (SSSR count). The van der Waals surface area contributed by atoms with Crippen LogP contribution in [-0.4, -0.2) is 63.7 Å². The Kier molecular flexibility index (Phi) is 6.53. The Morgan fingerprint density at radius 2 is 1.88 bits per heavy atom. The third-order valence-electron chi connectivity index (χ3n) is 5.64. The van der Waals surface area contributed by atoms with Crippen molar-refractivity contribution in [3.63, 3.8) is 0 Å². The molecule has 0 bridgehead atoms. The van der Waals surface area contributed by atoms with Crippen molar-refractivity contribution in [3.05, 3.63) is 62.3 Å². The van der Waals surface area contributed by atoms with E-state index in [1.807, 2.05) is 32.9 Å². The Bertz CT molecular complexity index is 1140. The number of rotatable bonds is 2. The van der Waals surface area contributed by atoms with Crippen LogP contribution in [-0.2, 0) is 9.53 Å². The smallest absolute Gasteiger partial charge is 0.410 e. The maximum Gasteiger partial charge on any atom is 0.410 e. The molecule has 1 aliphatic carbocycles. The van der Waals surface area contributed by atoms with Crippen LogP contribution in [0.1, 0.15) is 49.2 Å². The van der Waals surface area contributed by atoms with Gasteiger partial charge in [-0.1, -0.05) is 17.7 Å². The van der Waals surface area contributed by atoms with Crippen LogP contribution in [0.4, 0.5) is 4.79 Å². The van der Waals surface area contributed by atoms with Crippen molar-refractivity contribution in [1.82, 2.24) is 14.8 Å². The summed E-state index contributed by atoms with van der Waals surface area (Å²) in [6.07, 6.45) is 3.05. The number of hydrogen-bond acceptors (Lipinski definition) is 5. The quantitative estimate of drug-likeness (QED) is 0.579. The lowest BCUT2D eigenvalue weighted by atomic mass is 9.93. The van der Waals surface area contributed by atoms with Crippen molar-refractivity contribution >= 4 is 51.2 Å². The van der Waals surface area contributed by atoms with Gasteiger partial charge >= 0.3 is 12.1 Å². The maximum atomic E-state index is 12.5. The van der Waals surface area contributed by atoms with E-state index < -0.39 is 11.6 Å². The number of hydrogen-bond donors (Lipinski definition) is 1. The van der Waals surface area contributed by atoms with Crippen LogP contribution in [0.25, 0.3) is 11.6 Å². The number of halogens is 2. The fraction of sp³-hybridized carbons (Fsp3) is 0.375. The summed E-state index contributed by atoms with van der Waals surface area (Å²) in [6.45, 7) is 7.73. The molecule has 0 radical (unpaired) electrons. The first-order chi connectivity index (χ1) is 15.5. The molecule has 1 aromatic carbocycles. The predicted molar refractivity (Wildman–Crippen MR) is 130 cm³/mol. The largest absolute Gasteiger partial charge is 0.478 e. The number of carboxylic acids is 1. The Balaban J connectivity index is 1.72. The number of aromatic nitrogens is 1. The lowest BCUT2D eigenvalue weighted by Gasteiger charge is -2.40. The summed E-state index contributed by atoms with van der Waals surface area (Å²) in [5, 5.41) is 10.4. The van der Waals surface area contributed by atoms with Gasteiger partial charge in [0.1, 0.15) is 5.60 Å². The normalized spacial score (nSPS) is 18.6. The van der Waals surface area contributed by atoms with Crippen LogP contribution in [0.3, 0.4) is 0 Å². The molecule has 9 heteroatoms. The highest BCUT2D eigenvalue weighted by molar-refractivity contribution is 9.10. The predicted octanol–water partition coefficient (Wildman–Crippen LogP) is 5.08. The van der Waals surface area contributed by atoms with Crippen molar-refractivity contribution in [2.24, 2.45) is 0 Å². The summed E-state index contributed by atoms with van der Waals surface area (Å²) < 4.78 is 6.28. The van der Waals surface area contributed by atoms with Gasteiger partial charge in [0.05, 0.1) is 17.3 Å².